The molecule has 3 aliphatic heterocycles. The normalized spacial score (nSPS) is 41.0. The number of hydrogen-bond donors (Lipinski definition) is 0. The van der Waals surface area contributed by atoms with E-state index in [9.17, 15) is 0 Å². The number of likely N-dealkylation sites (N-methyl/N-ethyl adjacent to an activating group) is 1. The third kappa shape index (κ3) is 1.05. The van der Waals surface area contributed by atoms with E-state index in [1.54, 1.807) is 0 Å². The summed E-state index contributed by atoms with van der Waals surface area (Å²) in [6.07, 6.45) is 1.40. The molecule has 3 aliphatic rings. The van der Waals surface area contributed by atoms with Crippen molar-refractivity contribution in [2.45, 2.75) is 18.5 Å². The zero-order valence-corrected chi connectivity index (χ0v) is 7.01. The van der Waals surface area contributed by atoms with Crippen LogP contribution in [-0.4, -0.2) is 37.1 Å². The maximum atomic E-state index is 4.32. The largest absolute Gasteiger partial charge is 2.00 e. The molecule has 0 aromatic rings. The van der Waals surface area contributed by atoms with E-state index in [1.165, 1.54) is 6.42 Å². The fourth-order valence-corrected chi connectivity index (χ4v) is 1.59. The van der Waals surface area contributed by atoms with Gasteiger partial charge in [-0.15, -0.1) is 13.1 Å². The van der Waals surface area contributed by atoms with Gasteiger partial charge in [-0.3, -0.25) is 0 Å². The van der Waals surface area contributed by atoms with Gasteiger partial charge in [-0.1, -0.05) is 0 Å². The third-order valence-electron chi connectivity index (χ3n) is 2.38. The van der Waals surface area contributed by atoms with Crippen molar-refractivity contribution in [1.29, 1.82) is 0 Å². The van der Waals surface area contributed by atoms with E-state index < -0.39 is 0 Å². The molecule has 3 fully saturated rings. The molecule has 0 aliphatic carbocycles. The Morgan fingerprint density at radius 2 is 1.89 bits per heavy atom. The second kappa shape index (κ2) is 2.63. The van der Waals surface area contributed by atoms with Crippen LogP contribution in [0.2, 0.25) is 0 Å². The number of hydrogen-bond acceptors (Lipinski definition) is 1. The third-order valence-corrected chi connectivity index (χ3v) is 2.38. The molecule has 0 N–H and O–H groups in total. The average molecular weight is 162 g/mol. The van der Waals surface area contributed by atoms with Crippen molar-refractivity contribution in [3.05, 3.63) is 5.32 Å². The molecule has 2 nitrogen and oxygen atoms in total. The molecule has 0 saturated carbocycles. The van der Waals surface area contributed by atoms with Gasteiger partial charge in [-0.25, -0.2) is 0 Å². The Kier molecular flexibility index (Phi) is 2.22. The quantitative estimate of drug-likeness (QED) is 0.505. The number of fused-ring (bicyclic) bond motifs is 2. The van der Waals surface area contributed by atoms with Crippen molar-refractivity contribution >= 4 is 0 Å². The first-order valence-electron chi connectivity index (χ1n) is 3.23. The summed E-state index contributed by atoms with van der Waals surface area (Å²) in [7, 11) is 2.20. The van der Waals surface area contributed by atoms with Crippen molar-refractivity contribution < 1.29 is 18.6 Å². The Labute approximate surface area is 67.9 Å². The van der Waals surface area contributed by atoms with Gasteiger partial charge in [-0.05, 0) is 25.6 Å². The van der Waals surface area contributed by atoms with Gasteiger partial charge in [-0.2, -0.15) is 0 Å². The molecule has 9 heavy (non-hydrogen) atoms. The second-order valence-electron chi connectivity index (χ2n) is 2.80. The average Bonchev–Trinajstić information content (AvgIpc) is 1.89. The van der Waals surface area contributed by atoms with Gasteiger partial charge in [0.25, 0.3) is 0 Å². The van der Waals surface area contributed by atoms with Crippen LogP contribution in [0.1, 0.15) is 6.42 Å². The zero-order chi connectivity index (χ0) is 5.56. The van der Waals surface area contributed by atoms with Crippen LogP contribution in [0.3, 0.4) is 0 Å². The fourth-order valence-electron chi connectivity index (χ4n) is 1.59. The SMILES string of the molecule is CN1C2C[N-]CC1C2.[V+2]. The van der Waals surface area contributed by atoms with Crippen molar-refractivity contribution in [1.82, 2.24) is 4.90 Å². The van der Waals surface area contributed by atoms with Gasteiger partial charge in [0.05, 0.1) is 0 Å². The summed E-state index contributed by atoms with van der Waals surface area (Å²) in [6.45, 7) is 2.18. The molecule has 2 atom stereocenters. The number of nitrogens with zero attached hydrogens (tertiary/aromatic N) is 2. The van der Waals surface area contributed by atoms with Crippen molar-refractivity contribution in [3.8, 4) is 0 Å². The van der Waals surface area contributed by atoms with Crippen LogP contribution in [0.25, 0.3) is 5.32 Å². The first-order chi connectivity index (χ1) is 3.88. The molecule has 1 radical (unpaired) electrons. The molecule has 0 aromatic carbocycles. The van der Waals surface area contributed by atoms with Crippen LogP contribution < -0.4 is 0 Å². The molecule has 3 heterocycles. The van der Waals surface area contributed by atoms with E-state index in [4.69, 9.17) is 0 Å². The predicted molar refractivity (Wildman–Crippen MR) is 33.0 cm³/mol. The van der Waals surface area contributed by atoms with Crippen LogP contribution >= 0.6 is 0 Å². The molecule has 2 bridgehead atoms. The first kappa shape index (κ1) is 7.61. The zero-order valence-electron chi connectivity index (χ0n) is 5.62. The van der Waals surface area contributed by atoms with Crippen molar-refractivity contribution in [2.75, 3.05) is 20.1 Å². The van der Waals surface area contributed by atoms with E-state index in [1.807, 2.05) is 0 Å². The van der Waals surface area contributed by atoms with Gasteiger partial charge in [0.15, 0.2) is 0 Å². The van der Waals surface area contributed by atoms with Gasteiger partial charge < -0.3 is 10.2 Å². The second-order valence-corrected chi connectivity index (χ2v) is 2.80. The van der Waals surface area contributed by atoms with Crippen molar-refractivity contribution in [3.63, 3.8) is 0 Å². The van der Waals surface area contributed by atoms with E-state index in [-0.39, 0.29) is 18.6 Å². The number of rotatable bonds is 0. The van der Waals surface area contributed by atoms with Crippen LogP contribution in [0.5, 0.6) is 0 Å². The van der Waals surface area contributed by atoms with E-state index in [0.29, 0.717) is 0 Å². The Morgan fingerprint density at radius 1 is 1.33 bits per heavy atom. The van der Waals surface area contributed by atoms with Crippen LogP contribution in [0.4, 0.5) is 0 Å². The first-order valence-corrected chi connectivity index (χ1v) is 3.23. The van der Waals surface area contributed by atoms with Crippen LogP contribution in [0, 0.1) is 0 Å². The molecule has 0 spiro atoms. The van der Waals surface area contributed by atoms with Crippen LogP contribution in [-0.2, 0) is 18.6 Å². The monoisotopic (exact) mass is 162 g/mol. The Hall–Kier alpha value is 0.504. The Morgan fingerprint density at radius 3 is 2.11 bits per heavy atom. The molecule has 3 heteroatoms. The molecule has 0 aromatic heterocycles. The van der Waals surface area contributed by atoms with E-state index >= 15 is 0 Å². The summed E-state index contributed by atoms with van der Waals surface area (Å²) in [6, 6.07) is 1.63. The van der Waals surface area contributed by atoms with Gasteiger partial charge >= 0.3 is 18.6 Å². The van der Waals surface area contributed by atoms with E-state index in [0.717, 1.165) is 25.2 Å². The maximum absolute atomic E-state index is 4.32. The molecular weight excluding hydrogens is 151 g/mol. The van der Waals surface area contributed by atoms with Crippen molar-refractivity contribution in [2.24, 2.45) is 0 Å². The molecule has 3 saturated heterocycles. The molecular formula is C6H11N2V+. The van der Waals surface area contributed by atoms with Gasteiger partial charge in [0.2, 0.25) is 0 Å². The molecule has 2 unspecified atom stereocenters. The fraction of sp³-hybridized carbons (Fsp3) is 1.00. The predicted octanol–water partition coefficient (Wildman–Crippen LogP) is 0.444. The van der Waals surface area contributed by atoms with Gasteiger partial charge in [0.1, 0.15) is 0 Å². The topological polar surface area (TPSA) is 17.3 Å². The minimum absolute atomic E-state index is 0. The summed E-state index contributed by atoms with van der Waals surface area (Å²) in [5.74, 6) is 0. The summed E-state index contributed by atoms with van der Waals surface area (Å²) in [5, 5.41) is 4.32. The molecule has 0 amide bonds. The van der Waals surface area contributed by atoms with Crippen LogP contribution in [0.15, 0.2) is 0 Å². The summed E-state index contributed by atoms with van der Waals surface area (Å²) < 4.78 is 0. The minimum atomic E-state index is 0. The molecule has 49 valence electrons. The Balaban J connectivity index is 0.000000405. The summed E-state index contributed by atoms with van der Waals surface area (Å²) in [4.78, 5) is 2.44. The van der Waals surface area contributed by atoms with E-state index in [2.05, 4.69) is 17.3 Å². The standard InChI is InChI=1S/C6H11N2.V/c1-8-5-2-6(8)4-7-3-5;/h5-6H,2-4H2,1H3;/q-1;+2. The summed E-state index contributed by atoms with van der Waals surface area (Å²) in [5.41, 5.74) is 0. The molecule has 3 rings (SSSR count). The minimum Gasteiger partial charge on any atom is -0.660 e. The Bertz CT molecular complexity index is 93.2. The number of piperidine rings is 1. The summed E-state index contributed by atoms with van der Waals surface area (Å²) >= 11 is 0. The maximum Gasteiger partial charge on any atom is 2.00 e. The van der Waals surface area contributed by atoms with Gasteiger partial charge in [0, 0.05) is 0 Å². The smallest absolute Gasteiger partial charge is 0.660 e. The number of piperazine rings is 1.